The molecular formula is C12H20O7. The van der Waals surface area contributed by atoms with Crippen molar-refractivity contribution >= 4 is 11.9 Å². The number of hydrogen-bond donors (Lipinski definition) is 0. The zero-order valence-electron chi connectivity index (χ0n) is 11.6. The van der Waals surface area contributed by atoms with E-state index < -0.39 is 36.4 Å². The van der Waals surface area contributed by atoms with E-state index in [0.29, 0.717) is 0 Å². The van der Waals surface area contributed by atoms with E-state index >= 15 is 0 Å². The van der Waals surface area contributed by atoms with E-state index in [2.05, 4.69) is 0 Å². The molecule has 0 saturated carbocycles. The average Bonchev–Trinajstić information content (AvgIpc) is 2.35. The summed E-state index contributed by atoms with van der Waals surface area (Å²) in [6, 6.07) is 0. The van der Waals surface area contributed by atoms with Gasteiger partial charge >= 0.3 is 11.9 Å². The molecule has 0 radical (unpaired) electrons. The molecule has 0 amide bonds. The molecule has 19 heavy (non-hydrogen) atoms. The fourth-order valence-electron chi connectivity index (χ4n) is 2.06. The molecule has 0 N–H and O–H groups in total. The number of carbonyl (C=O) groups is 2. The summed E-state index contributed by atoms with van der Waals surface area (Å²) in [5.74, 6) is -0.807. The molecule has 0 aromatic carbocycles. The van der Waals surface area contributed by atoms with Crippen molar-refractivity contribution in [2.45, 2.75) is 38.3 Å². The van der Waals surface area contributed by atoms with Crippen LogP contribution in [0.2, 0.25) is 0 Å². The second-order valence-electron chi connectivity index (χ2n) is 4.22. The highest BCUT2D eigenvalue weighted by molar-refractivity contribution is 5.66. The molecule has 110 valence electrons. The van der Waals surface area contributed by atoms with Crippen molar-refractivity contribution in [2.75, 3.05) is 27.4 Å². The summed E-state index contributed by atoms with van der Waals surface area (Å²) in [6.45, 7) is 2.88. The molecule has 1 fully saturated rings. The number of methoxy groups -OCH3 is 2. The van der Waals surface area contributed by atoms with Crippen molar-refractivity contribution in [3.63, 3.8) is 0 Å². The van der Waals surface area contributed by atoms with Crippen molar-refractivity contribution in [2.24, 2.45) is 0 Å². The number of rotatable bonds is 5. The number of ether oxygens (including phenoxy) is 5. The number of carbonyl (C=O) groups excluding carboxylic acids is 2. The van der Waals surface area contributed by atoms with Crippen LogP contribution in [0.4, 0.5) is 0 Å². The molecule has 0 aromatic heterocycles. The third kappa shape index (κ3) is 4.45. The van der Waals surface area contributed by atoms with Gasteiger partial charge in [-0.1, -0.05) is 0 Å². The van der Waals surface area contributed by atoms with Gasteiger partial charge in [-0.3, -0.25) is 9.59 Å². The van der Waals surface area contributed by atoms with E-state index in [0.717, 1.165) is 0 Å². The minimum Gasteiger partial charge on any atom is -0.463 e. The minimum absolute atomic E-state index is 0.0699. The Balaban J connectivity index is 2.69. The number of esters is 2. The molecule has 1 rings (SSSR count). The fourth-order valence-corrected chi connectivity index (χ4v) is 2.06. The maximum atomic E-state index is 11.0. The van der Waals surface area contributed by atoms with Gasteiger partial charge in [0.25, 0.3) is 0 Å². The van der Waals surface area contributed by atoms with Crippen molar-refractivity contribution in [1.82, 2.24) is 0 Å². The van der Waals surface area contributed by atoms with Crippen LogP contribution in [0, 0.1) is 0 Å². The molecule has 0 unspecified atom stereocenters. The van der Waals surface area contributed by atoms with E-state index in [4.69, 9.17) is 23.7 Å². The van der Waals surface area contributed by atoms with Gasteiger partial charge in [-0.25, -0.2) is 0 Å². The lowest BCUT2D eigenvalue weighted by Crippen LogP contribution is -2.57. The molecule has 1 saturated heterocycles. The van der Waals surface area contributed by atoms with Crippen molar-refractivity contribution in [3.8, 4) is 0 Å². The lowest BCUT2D eigenvalue weighted by molar-refractivity contribution is -0.224. The maximum Gasteiger partial charge on any atom is 0.303 e. The highest BCUT2D eigenvalue weighted by Crippen LogP contribution is 2.23. The smallest absolute Gasteiger partial charge is 0.303 e. The lowest BCUT2D eigenvalue weighted by atomic mass is 10.00. The summed E-state index contributed by atoms with van der Waals surface area (Å²) < 4.78 is 26.2. The van der Waals surface area contributed by atoms with Crippen LogP contribution in [-0.4, -0.2) is 63.8 Å². The highest BCUT2D eigenvalue weighted by atomic mass is 16.6. The summed E-state index contributed by atoms with van der Waals surface area (Å²) in [6.07, 6.45) is -1.95. The molecule has 0 aromatic rings. The van der Waals surface area contributed by atoms with Gasteiger partial charge in [-0.2, -0.15) is 0 Å². The van der Waals surface area contributed by atoms with E-state index in [1.165, 1.54) is 28.1 Å². The zero-order valence-corrected chi connectivity index (χ0v) is 11.6. The fraction of sp³-hybridized carbons (Fsp3) is 0.833. The predicted molar refractivity (Wildman–Crippen MR) is 63.5 cm³/mol. The van der Waals surface area contributed by atoms with Crippen LogP contribution in [0.25, 0.3) is 0 Å². The van der Waals surface area contributed by atoms with Crippen LogP contribution < -0.4 is 0 Å². The predicted octanol–water partition coefficient (Wildman–Crippen LogP) is -0.0900. The molecular weight excluding hydrogens is 256 g/mol. The monoisotopic (exact) mass is 276 g/mol. The van der Waals surface area contributed by atoms with Gasteiger partial charge in [-0.15, -0.1) is 0 Å². The number of hydrogen-bond acceptors (Lipinski definition) is 7. The summed E-state index contributed by atoms with van der Waals surface area (Å²) in [4.78, 5) is 21.8. The van der Waals surface area contributed by atoms with Crippen LogP contribution in [0.15, 0.2) is 0 Å². The molecule has 1 heterocycles. The van der Waals surface area contributed by atoms with E-state index in [9.17, 15) is 9.59 Å². The van der Waals surface area contributed by atoms with Crippen molar-refractivity contribution in [1.29, 1.82) is 0 Å². The average molecular weight is 276 g/mol. The first kappa shape index (κ1) is 15.9. The Morgan fingerprint density at radius 2 is 1.74 bits per heavy atom. The molecule has 0 spiro atoms. The van der Waals surface area contributed by atoms with E-state index in [-0.39, 0.29) is 13.2 Å². The van der Waals surface area contributed by atoms with E-state index in [1.807, 2.05) is 0 Å². The van der Waals surface area contributed by atoms with Gasteiger partial charge in [0.05, 0.1) is 6.61 Å². The highest BCUT2D eigenvalue weighted by Gasteiger charge is 2.43. The van der Waals surface area contributed by atoms with Crippen LogP contribution in [-0.2, 0) is 33.3 Å². The first-order valence-corrected chi connectivity index (χ1v) is 5.97. The molecule has 7 nitrogen and oxygen atoms in total. The van der Waals surface area contributed by atoms with E-state index in [1.54, 1.807) is 0 Å². The van der Waals surface area contributed by atoms with Gasteiger partial charge in [0.1, 0.15) is 24.9 Å². The van der Waals surface area contributed by atoms with Gasteiger partial charge < -0.3 is 23.7 Å². The second-order valence-corrected chi connectivity index (χ2v) is 4.22. The normalized spacial score (nSPS) is 30.7. The Labute approximate surface area is 112 Å². The SMILES string of the molecule is CO[C@H]1[C@H](OC)[C@@H](COC(C)=O)OC[C@@H]1OC(C)=O. The van der Waals surface area contributed by atoms with Crippen LogP contribution in [0.3, 0.4) is 0 Å². The quantitative estimate of drug-likeness (QED) is 0.649. The first-order valence-electron chi connectivity index (χ1n) is 5.97. The lowest BCUT2D eigenvalue weighted by Gasteiger charge is -2.40. The molecule has 7 heteroatoms. The van der Waals surface area contributed by atoms with Gasteiger partial charge in [0, 0.05) is 28.1 Å². The van der Waals surface area contributed by atoms with Gasteiger partial charge in [0.2, 0.25) is 0 Å². The summed E-state index contributed by atoms with van der Waals surface area (Å²) >= 11 is 0. The third-order valence-corrected chi connectivity index (χ3v) is 2.84. The second kappa shape index (κ2) is 7.42. The Morgan fingerprint density at radius 1 is 1.11 bits per heavy atom. The Hall–Kier alpha value is -1.18. The molecule has 0 aliphatic carbocycles. The summed E-state index contributed by atoms with van der Waals surface area (Å²) in [5.41, 5.74) is 0. The van der Waals surface area contributed by atoms with Gasteiger partial charge in [-0.05, 0) is 0 Å². The summed E-state index contributed by atoms with van der Waals surface area (Å²) in [7, 11) is 3.00. The van der Waals surface area contributed by atoms with Crippen LogP contribution >= 0.6 is 0 Å². The minimum atomic E-state index is -0.541. The summed E-state index contributed by atoms with van der Waals surface area (Å²) in [5, 5.41) is 0. The van der Waals surface area contributed by atoms with Gasteiger partial charge in [0.15, 0.2) is 6.10 Å². The standard InChI is InChI=1S/C12H20O7/c1-7(13)17-5-9-11(15-3)12(16-4)10(6-18-9)19-8(2)14/h9-12H,5-6H2,1-4H3/t9-,10+,11-,12-/m1/s1. The largest absolute Gasteiger partial charge is 0.463 e. The zero-order chi connectivity index (χ0) is 14.4. The first-order chi connectivity index (χ1) is 8.99. The van der Waals surface area contributed by atoms with Crippen molar-refractivity contribution < 1.29 is 33.3 Å². The maximum absolute atomic E-state index is 11.0. The molecule has 1 aliphatic heterocycles. The molecule has 4 atom stereocenters. The molecule has 0 bridgehead atoms. The third-order valence-electron chi connectivity index (χ3n) is 2.84. The Morgan fingerprint density at radius 3 is 2.21 bits per heavy atom. The van der Waals surface area contributed by atoms with Crippen LogP contribution in [0.5, 0.6) is 0 Å². The Kier molecular flexibility index (Phi) is 6.20. The molecule has 1 aliphatic rings. The van der Waals surface area contributed by atoms with Crippen LogP contribution in [0.1, 0.15) is 13.8 Å². The topological polar surface area (TPSA) is 80.3 Å². The van der Waals surface area contributed by atoms with Crippen molar-refractivity contribution in [3.05, 3.63) is 0 Å². The Bertz CT molecular complexity index is 317.